The van der Waals surface area contributed by atoms with E-state index in [9.17, 15) is 0 Å². The summed E-state index contributed by atoms with van der Waals surface area (Å²) in [6.45, 7) is 9.12. The van der Waals surface area contributed by atoms with Crippen molar-refractivity contribution in [3.63, 3.8) is 0 Å². The van der Waals surface area contributed by atoms with E-state index in [0.717, 1.165) is 0 Å². The summed E-state index contributed by atoms with van der Waals surface area (Å²) in [6, 6.07) is 9.77. The molecule has 2 aromatic rings. The van der Waals surface area contributed by atoms with Crippen LogP contribution in [-0.2, 0) is 33.7 Å². The number of hydrogen-bond acceptors (Lipinski definition) is 0. The normalized spacial score (nSPS) is 11.5. The molecule has 0 amide bonds. The molecule has 1 aliphatic carbocycles. The first kappa shape index (κ1) is 24.2. The maximum atomic E-state index is 4.93. The number of halogens is 2. The Bertz CT molecular complexity index is 704. The van der Waals surface area contributed by atoms with Gasteiger partial charge in [0.25, 0.3) is 0 Å². The molecule has 3 rings (SSSR count). The van der Waals surface area contributed by atoms with E-state index >= 15 is 0 Å². The summed E-state index contributed by atoms with van der Waals surface area (Å²) < 4.78 is 0. The van der Waals surface area contributed by atoms with E-state index in [1.165, 1.54) is 84.7 Å². The fraction of sp³-hybridized carbons (Fsp3) is 0.480. The molecule has 1 radical (unpaired) electrons. The molecule has 0 fully saturated rings. The van der Waals surface area contributed by atoms with Crippen LogP contribution in [0.4, 0.5) is 0 Å². The Morgan fingerprint density at radius 3 is 1.43 bits per heavy atom. The number of benzene rings is 2. The van der Waals surface area contributed by atoms with Crippen LogP contribution in [0.2, 0.25) is 0 Å². The third kappa shape index (κ3) is 6.45. The summed E-state index contributed by atoms with van der Waals surface area (Å²) in [5.74, 6) is 0. The van der Waals surface area contributed by atoms with Crippen LogP contribution >= 0.6 is 17.0 Å². The molecule has 0 unspecified atom stereocenters. The molecule has 1 aliphatic rings. The Morgan fingerprint density at radius 1 is 0.679 bits per heavy atom. The van der Waals surface area contributed by atoms with E-state index < -0.39 is 20.8 Å². The summed E-state index contributed by atoms with van der Waals surface area (Å²) in [5.41, 5.74) is 11.8. The quantitative estimate of drug-likeness (QED) is 0.274. The molecule has 0 bridgehead atoms. The molecule has 3 heteroatoms. The molecule has 0 spiro atoms. The van der Waals surface area contributed by atoms with E-state index in [4.69, 9.17) is 17.0 Å². The van der Waals surface area contributed by atoms with Crippen LogP contribution in [0.1, 0.15) is 85.8 Å². The van der Waals surface area contributed by atoms with Crippen molar-refractivity contribution < 1.29 is 20.8 Å². The minimum atomic E-state index is -0.826. The molecule has 0 heterocycles. The zero-order valence-electron chi connectivity index (χ0n) is 17.8. The maximum absolute atomic E-state index is 4.93. The van der Waals surface area contributed by atoms with Gasteiger partial charge in [0.15, 0.2) is 0 Å². The molecule has 0 saturated carbocycles. The number of rotatable bonds is 8. The van der Waals surface area contributed by atoms with Crippen LogP contribution < -0.4 is 0 Å². The predicted octanol–water partition coefficient (Wildman–Crippen LogP) is 8.73. The molecule has 0 saturated heterocycles. The number of unbranched alkanes of at least 4 members (excludes halogenated alkanes) is 4. The average Bonchev–Trinajstić information content (AvgIpc) is 2.99. The van der Waals surface area contributed by atoms with Crippen LogP contribution in [-0.4, -0.2) is 0 Å². The Hall–Kier alpha value is -0.0969. The first-order valence-corrected chi connectivity index (χ1v) is 17.0. The van der Waals surface area contributed by atoms with Crippen molar-refractivity contribution >= 4 is 17.0 Å². The second-order valence-electron chi connectivity index (χ2n) is 7.86. The van der Waals surface area contributed by atoms with Gasteiger partial charge in [0.2, 0.25) is 0 Å². The van der Waals surface area contributed by atoms with Crippen molar-refractivity contribution in [2.75, 3.05) is 0 Å². The zero-order valence-corrected chi connectivity index (χ0v) is 21.8. The van der Waals surface area contributed by atoms with Crippen molar-refractivity contribution in [1.82, 2.24) is 0 Å². The monoisotopic (exact) mass is 493 g/mol. The van der Waals surface area contributed by atoms with Gasteiger partial charge in [-0.3, -0.25) is 0 Å². The molecular formula is C25H33Cl2Zr. The van der Waals surface area contributed by atoms with Crippen LogP contribution in [0.25, 0.3) is 11.1 Å². The van der Waals surface area contributed by atoms with E-state index in [1.54, 1.807) is 11.1 Å². The second kappa shape index (κ2) is 12.6. The molecule has 0 N–H and O–H groups in total. The molecule has 0 aromatic heterocycles. The topological polar surface area (TPSA) is 0 Å². The van der Waals surface area contributed by atoms with Gasteiger partial charge < -0.3 is 0 Å². The van der Waals surface area contributed by atoms with Gasteiger partial charge in [-0.15, -0.1) is 0 Å². The molecule has 2 aromatic carbocycles. The van der Waals surface area contributed by atoms with Crippen LogP contribution in [0.3, 0.4) is 0 Å². The number of hydrogen-bond donors (Lipinski definition) is 0. The van der Waals surface area contributed by atoms with Gasteiger partial charge in [0.1, 0.15) is 0 Å². The first-order valence-electron chi connectivity index (χ1n) is 10.6. The molecule has 0 aliphatic heterocycles. The standard InChI is InChI=1S/C25H33.2ClH.Zr/c1-5-7-9-11-20-16-24-22(13-18(20)3)15-23-14-19(4)21(17-25(23)24)12-10-8-6-2;;;/h13-17H,5-12H2,1-4H3;2*1H;/q;;;+2/p-2. The van der Waals surface area contributed by atoms with Gasteiger partial charge in [-0.2, -0.15) is 0 Å². The van der Waals surface area contributed by atoms with Crippen molar-refractivity contribution in [2.24, 2.45) is 0 Å². The van der Waals surface area contributed by atoms with Crippen LogP contribution in [0, 0.1) is 20.3 Å². The van der Waals surface area contributed by atoms with Crippen molar-refractivity contribution in [3.8, 4) is 11.1 Å². The van der Waals surface area contributed by atoms with Crippen LogP contribution in [0.15, 0.2) is 24.3 Å². The van der Waals surface area contributed by atoms with Gasteiger partial charge in [-0.05, 0) is 84.0 Å². The van der Waals surface area contributed by atoms with Crippen LogP contribution in [0.5, 0.6) is 0 Å². The predicted molar refractivity (Wildman–Crippen MR) is 122 cm³/mol. The Kier molecular flexibility index (Phi) is 10.8. The molecular weight excluding hydrogens is 462 g/mol. The van der Waals surface area contributed by atoms with Crippen molar-refractivity contribution in [3.05, 3.63) is 64.1 Å². The fourth-order valence-corrected chi connectivity index (χ4v) is 4.09. The second-order valence-corrected chi connectivity index (χ2v) is 11.6. The van der Waals surface area contributed by atoms with Crippen molar-refractivity contribution in [2.45, 2.75) is 79.1 Å². The third-order valence-electron chi connectivity index (χ3n) is 5.72. The third-order valence-corrected chi connectivity index (χ3v) is 5.72. The Balaban J connectivity index is 0.000000878. The van der Waals surface area contributed by atoms with Gasteiger partial charge in [0.05, 0.1) is 0 Å². The summed E-state index contributed by atoms with van der Waals surface area (Å²) in [6.07, 6.45) is 12.7. The zero-order chi connectivity index (χ0) is 20.5. The average molecular weight is 496 g/mol. The van der Waals surface area contributed by atoms with Gasteiger partial charge >= 0.3 is 37.9 Å². The summed E-state index contributed by atoms with van der Waals surface area (Å²) in [7, 11) is 9.87. The van der Waals surface area contributed by atoms with E-state index in [2.05, 4.69) is 58.4 Å². The molecule has 28 heavy (non-hydrogen) atoms. The number of aryl methyl sites for hydroxylation is 4. The fourth-order valence-electron chi connectivity index (χ4n) is 4.09. The van der Waals surface area contributed by atoms with Gasteiger partial charge in [-0.25, -0.2) is 0 Å². The Labute approximate surface area is 191 Å². The summed E-state index contributed by atoms with van der Waals surface area (Å²) in [5, 5.41) is 0. The SMILES string of the molecule is CCCCCc1cc2c(cc1C)[CH]c1cc(C)c(CCCCC)cc1-2.[Cl][Zr][Cl]. The van der Waals surface area contributed by atoms with E-state index in [0.29, 0.717) is 0 Å². The Morgan fingerprint density at radius 2 is 1.07 bits per heavy atom. The van der Waals surface area contributed by atoms with Crippen molar-refractivity contribution in [1.29, 1.82) is 0 Å². The van der Waals surface area contributed by atoms with E-state index in [-0.39, 0.29) is 0 Å². The molecule has 151 valence electrons. The first-order chi connectivity index (χ1) is 13.5. The molecule has 0 atom stereocenters. The minimum absolute atomic E-state index is 0.826. The van der Waals surface area contributed by atoms with Gasteiger partial charge in [-0.1, -0.05) is 63.8 Å². The summed E-state index contributed by atoms with van der Waals surface area (Å²) in [4.78, 5) is 0. The molecule has 0 nitrogen and oxygen atoms in total. The number of fused-ring (bicyclic) bond motifs is 3. The van der Waals surface area contributed by atoms with E-state index in [1.807, 2.05) is 0 Å². The summed E-state index contributed by atoms with van der Waals surface area (Å²) >= 11 is -0.826. The van der Waals surface area contributed by atoms with Gasteiger partial charge in [0, 0.05) is 6.42 Å².